The minimum absolute atomic E-state index is 0.00155. The van der Waals surface area contributed by atoms with Crippen LogP contribution in [0, 0.1) is 11.8 Å². The molecule has 1 N–H and O–H groups in total. The highest BCUT2D eigenvalue weighted by molar-refractivity contribution is 7.47. The topological polar surface area (TPSA) is 108 Å². The zero-order valence-corrected chi connectivity index (χ0v) is 37.8. The molecule has 2 atom stereocenters. The molecule has 326 valence electrons. The lowest BCUT2D eigenvalue weighted by Gasteiger charge is -2.24. The van der Waals surface area contributed by atoms with Crippen LogP contribution in [0.2, 0.25) is 0 Å². The molecule has 0 aliphatic carbocycles. The van der Waals surface area contributed by atoms with Gasteiger partial charge in [0.15, 0.2) is 6.10 Å². The molecule has 56 heavy (non-hydrogen) atoms. The molecular weight excluding hydrogens is 725 g/mol. The van der Waals surface area contributed by atoms with E-state index in [0.717, 1.165) is 37.5 Å². The fourth-order valence-electron chi connectivity index (χ4n) is 5.91. The number of nitrogens with zero attached hydrogens (tertiary/aromatic N) is 1. The van der Waals surface area contributed by atoms with E-state index in [2.05, 4.69) is 27.7 Å². The minimum atomic E-state index is -4.42. The lowest BCUT2D eigenvalue weighted by Crippen LogP contribution is -2.37. The maximum atomic E-state index is 12.6. The Balaban J connectivity index is 4.57. The van der Waals surface area contributed by atoms with Gasteiger partial charge in [-0.25, -0.2) is 14.2 Å². The predicted octanol–water partition coefficient (Wildman–Crippen LogP) is 12.4. The number of unbranched alkanes of at least 4 members (excludes halogenated alkanes) is 18. The van der Waals surface area contributed by atoms with Gasteiger partial charge < -0.3 is 18.9 Å². The zero-order valence-electron chi connectivity index (χ0n) is 36.9. The van der Waals surface area contributed by atoms with Crippen LogP contribution >= 0.6 is 7.82 Å². The van der Waals surface area contributed by atoms with Gasteiger partial charge >= 0.3 is 19.8 Å². The Hall–Kier alpha value is -2.03. The number of hydrogen-bond acceptors (Lipinski definition) is 7. The number of ether oxygens (including phenoxy) is 2. The van der Waals surface area contributed by atoms with Crippen molar-refractivity contribution in [3.8, 4) is 0 Å². The lowest BCUT2D eigenvalue weighted by molar-refractivity contribution is -0.870. The van der Waals surface area contributed by atoms with Crippen LogP contribution < -0.4 is 0 Å². The molecule has 0 spiro atoms. The molecule has 9 nitrogen and oxygen atoms in total. The van der Waals surface area contributed by atoms with Crippen molar-refractivity contribution < 1.29 is 42.1 Å². The Kier molecular flexibility index (Phi) is 34.8. The molecule has 0 fully saturated rings. The van der Waals surface area contributed by atoms with E-state index in [0.29, 0.717) is 11.0 Å². The quantitative estimate of drug-likeness (QED) is 0.0164. The summed E-state index contributed by atoms with van der Waals surface area (Å²) in [6.45, 7) is 8.82. The number of quaternary nitrogens is 1. The number of esters is 2. The van der Waals surface area contributed by atoms with Crippen molar-refractivity contribution >= 4 is 19.8 Å². The molecule has 0 aliphatic heterocycles. The summed E-state index contributed by atoms with van der Waals surface area (Å²) in [4.78, 5) is 35.1. The molecule has 0 amide bonds. The van der Waals surface area contributed by atoms with Gasteiger partial charge in [0.25, 0.3) is 0 Å². The molecule has 0 aliphatic rings. The molecule has 0 bridgehead atoms. The monoisotopic (exact) mass is 811 g/mol. The van der Waals surface area contributed by atoms with Crippen LogP contribution in [0.5, 0.6) is 0 Å². The first kappa shape index (κ1) is 54.0. The summed E-state index contributed by atoms with van der Waals surface area (Å²) >= 11 is 0. The van der Waals surface area contributed by atoms with Crippen molar-refractivity contribution in [3.63, 3.8) is 0 Å². The maximum Gasteiger partial charge on any atom is 0.472 e. The Bertz CT molecular complexity index is 1120. The standard InChI is InChI=1S/C46H84NO8P/c1-42(2)34-30-26-22-18-14-10-8-12-16-20-24-28-32-36-45(48)52-40-44(41-54-56(50,51)53-39-38-47(5,6)7)55-46(49)37-33-29-25-21-17-13-9-11-15-19-23-27-31-35-43(3)4/h24-25,28-29,32-33,36-37,42-44H,8-23,26-27,30-31,34-35,38-41H2,1-7H3/p+1/b28-24+,29-25+,36-32+,37-33+/t44-/m1/s1. The fraction of sp³-hybridized carbons (Fsp3) is 0.783. The van der Waals surface area contributed by atoms with E-state index in [1.807, 2.05) is 45.4 Å². The third kappa shape index (κ3) is 41.6. The number of allylic oxidation sites excluding steroid dienone is 6. The van der Waals surface area contributed by atoms with E-state index >= 15 is 0 Å². The van der Waals surface area contributed by atoms with Gasteiger partial charge in [-0.15, -0.1) is 0 Å². The van der Waals surface area contributed by atoms with E-state index in [1.165, 1.54) is 128 Å². The van der Waals surface area contributed by atoms with Crippen molar-refractivity contribution in [2.75, 3.05) is 47.5 Å². The minimum Gasteiger partial charge on any atom is -0.458 e. The van der Waals surface area contributed by atoms with Gasteiger partial charge in [0.1, 0.15) is 19.8 Å². The number of phosphoric ester groups is 1. The van der Waals surface area contributed by atoms with Gasteiger partial charge in [0.2, 0.25) is 0 Å². The highest BCUT2D eigenvalue weighted by atomic mass is 31.2. The second-order valence-electron chi connectivity index (χ2n) is 17.2. The molecular formula is C46H85NO8P+. The highest BCUT2D eigenvalue weighted by Gasteiger charge is 2.26. The van der Waals surface area contributed by atoms with Crippen LogP contribution in [0.3, 0.4) is 0 Å². The number of hydrogen-bond donors (Lipinski definition) is 1. The van der Waals surface area contributed by atoms with E-state index in [4.69, 9.17) is 18.5 Å². The summed E-state index contributed by atoms with van der Waals surface area (Å²) in [5.41, 5.74) is 0. The molecule has 0 aromatic carbocycles. The van der Waals surface area contributed by atoms with Crippen molar-refractivity contribution in [3.05, 3.63) is 48.6 Å². The Morgan fingerprint density at radius 2 is 0.982 bits per heavy atom. The van der Waals surface area contributed by atoms with E-state index < -0.39 is 32.5 Å². The third-order valence-corrected chi connectivity index (χ3v) is 10.4. The normalized spacial score (nSPS) is 14.2. The molecule has 0 aromatic rings. The lowest BCUT2D eigenvalue weighted by atomic mass is 10.0. The highest BCUT2D eigenvalue weighted by Crippen LogP contribution is 2.43. The summed E-state index contributed by atoms with van der Waals surface area (Å²) in [5, 5.41) is 0. The van der Waals surface area contributed by atoms with Gasteiger partial charge in [-0.05, 0) is 37.5 Å². The number of phosphoric acid groups is 1. The van der Waals surface area contributed by atoms with Crippen LogP contribution in [0.25, 0.3) is 0 Å². The molecule has 0 saturated carbocycles. The molecule has 0 radical (unpaired) electrons. The Morgan fingerprint density at radius 3 is 1.41 bits per heavy atom. The van der Waals surface area contributed by atoms with Crippen LogP contribution in [0.4, 0.5) is 0 Å². The number of carbonyl (C=O) groups is 2. The molecule has 0 aromatic heterocycles. The molecule has 0 saturated heterocycles. The third-order valence-electron chi connectivity index (χ3n) is 9.40. The molecule has 1 unspecified atom stereocenters. The van der Waals surface area contributed by atoms with Gasteiger partial charge in [-0.1, -0.05) is 180 Å². The summed E-state index contributed by atoms with van der Waals surface area (Å²) in [6.07, 6.45) is 40.1. The smallest absolute Gasteiger partial charge is 0.458 e. The van der Waals surface area contributed by atoms with E-state index in [-0.39, 0.29) is 13.2 Å². The van der Waals surface area contributed by atoms with Crippen LogP contribution in [0.15, 0.2) is 48.6 Å². The van der Waals surface area contributed by atoms with Crippen molar-refractivity contribution in [1.29, 1.82) is 0 Å². The van der Waals surface area contributed by atoms with Gasteiger partial charge in [-0.3, -0.25) is 9.05 Å². The Morgan fingerprint density at radius 1 is 0.571 bits per heavy atom. The summed E-state index contributed by atoms with van der Waals surface area (Å²) in [7, 11) is 1.38. The maximum absolute atomic E-state index is 12.6. The summed E-state index contributed by atoms with van der Waals surface area (Å²) < 4.78 is 33.9. The first-order valence-electron chi connectivity index (χ1n) is 22.2. The van der Waals surface area contributed by atoms with Crippen molar-refractivity contribution in [2.24, 2.45) is 11.8 Å². The molecule has 0 rings (SSSR count). The number of rotatable bonds is 38. The van der Waals surface area contributed by atoms with Crippen LogP contribution in [0.1, 0.15) is 169 Å². The van der Waals surface area contributed by atoms with E-state index in [9.17, 15) is 19.0 Å². The zero-order chi connectivity index (χ0) is 41.8. The summed E-state index contributed by atoms with van der Waals surface area (Å²) in [6, 6.07) is 0. The largest absolute Gasteiger partial charge is 0.472 e. The van der Waals surface area contributed by atoms with Crippen LogP contribution in [-0.2, 0) is 32.7 Å². The second kappa shape index (κ2) is 36.1. The first-order valence-corrected chi connectivity index (χ1v) is 23.7. The van der Waals surface area contributed by atoms with Crippen molar-refractivity contribution in [2.45, 2.75) is 175 Å². The summed E-state index contributed by atoms with van der Waals surface area (Å²) in [5.74, 6) is 0.321. The number of carbonyl (C=O) groups excluding carboxylic acids is 2. The average molecular weight is 811 g/mol. The fourth-order valence-corrected chi connectivity index (χ4v) is 6.65. The van der Waals surface area contributed by atoms with E-state index in [1.54, 1.807) is 12.2 Å². The van der Waals surface area contributed by atoms with Crippen molar-refractivity contribution in [1.82, 2.24) is 0 Å². The first-order chi connectivity index (χ1) is 26.7. The number of likely N-dealkylation sites (N-methyl/N-ethyl adjacent to an activating group) is 1. The Labute approximate surface area is 343 Å². The van der Waals surface area contributed by atoms with Gasteiger partial charge in [0, 0.05) is 12.2 Å². The molecule has 10 heteroatoms. The predicted molar refractivity (Wildman–Crippen MR) is 233 cm³/mol. The van der Waals surface area contributed by atoms with Crippen LogP contribution in [-0.4, -0.2) is 74.9 Å². The average Bonchev–Trinajstić information content (AvgIpc) is 3.11. The second-order valence-corrected chi connectivity index (χ2v) is 18.6. The SMILES string of the molecule is CC(C)CCCCCCCCCCC/C=C/C=C/C(=O)OC[C@H](COP(=O)(O)OCC[N+](C)(C)C)OC(=O)/C=C/C=C/CCCCCCCCCCCC(C)C. The van der Waals surface area contributed by atoms with Gasteiger partial charge in [0.05, 0.1) is 27.7 Å². The molecule has 0 heterocycles. The van der Waals surface area contributed by atoms with Gasteiger partial charge in [-0.2, -0.15) is 0 Å².